The van der Waals surface area contributed by atoms with Gasteiger partial charge in [0.15, 0.2) is 0 Å². The average Bonchev–Trinajstić information content (AvgIpc) is 3.47. The predicted molar refractivity (Wildman–Crippen MR) is 134 cm³/mol. The lowest BCUT2D eigenvalue weighted by Gasteiger charge is -2.08. The summed E-state index contributed by atoms with van der Waals surface area (Å²) >= 11 is 7.86. The summed E-state index contributed by atoms with van der Waals surface area (Å²) in [4.78, 5) is 17.7. The second-order valence-corrected chi connectivity index (χ2v) is 8.71. The van der Waals surface area contributed by atoms with Crippen LogP contribution in [0.5, 0.6) is 0 Å². The smallest absolute Gasteiger partial charge is 0.259 e. The lowest BCUT2D eigenvalue weighted by Crippen LogP contribution is -2.13. The second kappa shape index (κ2) is 9.02. The molecule has 0 spiro atoms. The molecule has 33 heavy (non-hydrogen) atoms. The van der Waals surface area contributed by atoms with E-state index in [0.717, 1.165) is 33.2 Å². The number of nitrogens with zero attached hydrogens (tertiary/aromatic N) is 3. The van der Waals surface area contributed by atoms with Crippen molar-refractivity contribution in [2.75, 3.05) is 5.32 Å². The van der Waals surface area contributed by atoms with Gasteiger partial charge < -0.3 is 5.32 Å². The van der Waals surface area contributed by atoms with E-state index in [-0.39, 0.29) is 5.91 Å². The Morgan fingerprint density at radius 3 is 2.61 bits per heavy atom. The van der Waals surface area contributed by atoms with Gasteiger partial charge in [-0.3, -0.25) is 4.79 Å². The van der Waals surface area contributed by atoms with Crippen molar-refractivity contribution < 1.29 is 4.79 Å². The van der Waals surface area contributed by atoms with Gasteiger partial charge in [0.25, 0.3) is 5.91 Å². The summed E-state index contributed by atoms with van der Waals surface area (Å²) in [6.07, 6.45) is 1.60. The Labute approximate surface area is 200 Å². The van der Waals surface area contributed by atoms with Gasteiger partial charge >= 0.3 is 0 Å². The molecule has 7 heteroatoms. The van der Waals surface area contributed by atoms with E-state index in [1.165, 1.54) is 11.3 Å². The Bertz CT molecular complexity index is 1440. The number of nitrogens with one attached hydrogen (secondary N) is 1. The van der Waals surface area contributed by atoms with Gasteiger partial charge in [-0.2, -0.15) is 5.10 Å². The third kappa shape index (κ3) is 4.31. The van der Waals surface area contributed by atoms with Crippen LogP contribution >= 0.6 is 22.9 Å². The highest BCUT2D eigenvalue weighted by Crippen LogP contribution is 2.33. The molecule has 0 fully saturated rings. The minimum Gasteiger partial charge on any atom is -0.322 e. The summed E-state index contributed by atoms with van der Waals surface area (Å²) in [5.41, 5.74) is 5.56. The number of halogens is 1. The first-order valence-corrected chi connectivity index (χ1v) is 11.6. The van der Waals surface area contributed by atoms with Gasteiger partial charge in [0.05, 0.1) is 33.9 Å². The first-order chi connectivity index (χ1) is 16.1. The lowest BCUT2D eigenvalue weighted by molar-refractivity contribution is 0.102. The summed E-state index contributed by atoms with van der Waals surface area (Å²) in [5, 5.41) is 10.9. The molecule has 0 saturated heterocycles. The van der Waals surface area contributed by atoms with Gasteiger partial charge in [-0.1, -0.05) is 60.1 Å². The van der Waals surface area contributed by atoms with Gasteiger partial charge in [0.2, 0.25) is 0 Å². The maximum atomic E-state index is 13.0. The first kappa shape index (κ1) is 21.1. The zero-order valence-corrected chi connectivity index (χ0v) is 19.3. The average molecular weight is 471 g/mol. The standard InChI is InChI=1S/C26H19ClN4OS/c1-17-22(15-28-31(17)20-10-3-2-4-11-20)25(32)29-19-9-7-8-18(14-19)24-16-33-26(30-24)21-12-5-6-13-23(21)27/h2-16H,1H3,(H,29,32). The van der Waals surface area contributed by atoms with Crippen LogP contribution in [0.15, 0.2) is 90.4 Å². The predicted octanol–water partition coefficient (Wildman–Crippen LogP) is 6.88. The molecule has 3 aromatic carbocycles. The quantitative estimate of drug-likeness (QED) is 0.304. The van der Waals surface area contributed by atoms with Crippen LogP contribution in [0.25, 0.3) is 27.5 Å². The highest BCUT2D eigenvalue weighted by Gasteiger charge is 2.16. The van der Waals surface area contributed by atoms with Crippen molar-refractivity contribution in [3.05, 3.63) is 107 Å². The van der Waals surface area contributed by atoms with Crippen LogP contribution in [0.2, 0.25) is 5.02 Å². The zero-order valence-electron chi connectivity index (χ0n) is 17.7. The molecule has 5 nitrogen and oxygen atoms in total. The molecule has 0 aliphatic heterocycles. The third-order valence-corrected chi connectivity index (χ3v) is 6.49. The molecule has 0 saturated carbocycles. The number of hydrogen-bond donors (Lipinski definition) is 1. The zero-order chi connectivity index (χ0) is 22.8. The molecule has 1 N–H and O–H groups in total. The third-order valence-electron chi connectivity index (χ3n) is 5.28. The van der Waals surface area contributed by atoms with E-state index in [4.69, 9.17) is 16.6 Å². The van der Waals surface area contributed by atoms with E-state index >= 15 is 0 Å². The van der Waals surface area contributed by atoms with Gasteiger partial charge in [-0.05, 0) is 37.3 Å². The summed E-state index contributed by atoms with van der Waals surface area (Å²) in [6.45, 7) is 1.89. The number of thiazole rings is 1. The number of carbonyl (C=O) groups excluding carboxylic acids is 1. The van der Waals surface area contributed by atoms with Crippen LogP contribution in [0.3, 0.4) is 0 Å². The van der Waals surface area contributed by atoms with Crippen LogP contribution < -0.4 is 5.32 Å². The highest BCUT2D eigenvalue weighted by atomic mass is 35.5. The Morgan fingerprint density at radius 1 is 1.00 bits per heavy atom. The number of para-hydroxylation sites is 1. The Kier molecular flexibility index (Phi) is 5.77. The molecular formula is C26H19ClN4OS. The van der Waals surface area contributed by atoms with Gasteiger partial charge in [0, 0.05) is 22.2 Å². The van der Waals surface area contributed by atoms with Crippen molar-refractivity contribution in [1.82, 2.24) is 14.8 Å². The molecule has 0 unspecified atom stereocenters. The van der Waals surface area contributed by atoms with Crippen molar-refractivity contribution in [2.45, 2.75) is 6.92 Å². The first-order valence-electron chi connectivity index (χ1n) is 10.3. The minimum absolute atomic E-state index is 0.207. The second-order valence-electron chi connectivity index (χ2n) is 7.44. The van der Waals surface area contributed by atoms with Gasteiger partial charge in [0.1, 0.15) is 5.01 Å². The minimum atomic E-state index is -0.207. The largest absolute Gasteiger partial charge is 0.322 e. The topological polar surface area (TPSA) is 59.8 Å². The van der Waals surface area contributed by atoms with E-state index in [9.17, 15) is 4.79 Å². The highest BCUT2D eigenvalue weighted by molar-refractivity contribution is 7.13. The Balaban J connectivity index is 1.37. The molecule has 2 heterocycles. The van der Waals surface area contributed by atoms with Crippen LogP contribution in [0.4, 0.5) is 5.69 Å². The number of hydrogen-bond acceptors (Lipinski definition) is 4. The molecule has 5 rings (SSSR count). The summed E-state index contributed by atoms with van der Waals surface area (Å²) in [7, 11) is 0. The Hall–Kier alpha value is -3.74. The summed E-state index contributed by atoms with van der Waals surface area (Å²) < 4.78 is 1.76. The number of carbonyl (C=O) groups is 1. The van der Waals surface area contributed by atoms with Crippen LogP contribution in [-0.2, 0) is 0 Å². The lowest BCUT2D eigenvalue weighted by atomic mass is 10.1. The van der Waals surface area contributed by atoms with Crippen LogP contribution in [0.1, 0.15) is 16.1 Å². The molecule has 0 aliphatic carbocycles. The van der Waals surface area contributed by atoms with E-state index in [0.29, 0.717) is 16.3 Å². The van der Waals surface area contributed by atoms with Crippen molar-refractivity contribution in [1.29, 1.82) is 0 Å². The number of aromatic nitrogens is 3. The van der Waals surface area contributed by atoms with E-state index < -0.39 is 0 Å². The van der Waals surface area contributed by atoms with Crippen molar-refractivity contribution in [2.24, 2.45) is 0 Å². The molecule has 5 aromatic rings. The summed E-state index contributed by atoms with van der Waals surface area (Å²) in [5.74, 6) is -0.207. The SMILES string of the molecule is Cc1c(C(=O)Nc2cccc(-c3csc(-c4ccccc4Cl)n3)c2)cnn1-c1ccccc1. The van der Waals surface area contributed by atoms with E-state index in [1.807, 2.05) is 91.2 Å². The van der Waals surface area contributed by atoms with Crippen molar-refractivity contribution in [3.8, 4) is 27.5 Å². The van der Waals surface area contributed by atoms with Crippen LogP contribution in [-0.4, -0.2) is 20.7 Å². The number of amides is 1. The Morgan fingerprint density at radius 2 is 1.79 bits per heavy atom. The van der Waals surface area contributed by atoms with E-state index in [1.54, 1.807) is 10.9 Å². The van der Waals surface area contributed by atoms with Gasteiger partial charge in [-0.25, -0.2) is 9.67 Å². The fourth-order valence-electron chi connectivity index (χ4n) is 3.58. The molecule has 0 bridgehead atoms. The molecule has 0 aliphatic rings. The van der Waals surface area contributed by atoms with Crippen molar-refractivity contribution in [3.63, 3.8) is 0 Å². The maximum absolute atomic E-state index is 13.0. The molecule has 1 amide bonds. The van der Waals surface area contributed by atoms with Crippen LogP contribution in [0, 0.1) is 6.92 Å². The number of anilines is 1. The normalized spacial score (nSPS) is 10.8. The molecule has 162 valence electrons. The summed E-state index contributed by atoms with van der Waals surface area (Å²) in [6, 6.07) is 25.1. The maximum Gasteiger partial charge on any atom is 0.259 e. The fourth-order valence-corrected chi connectivity index (χ4v) is 4.73. The van der Waals surface area contributed by atoms with E-state index in [2.05, 4.69) is 10.4 Å². The fraction of sp³-hybridized carbons (Fsp3) is 0.0385. The molecule has 0 radical (unpaired) electrons. The molecular weight excluding hydrogens is 452 g/mol. The van der Waals surface area contributed by atoms with Crippen molar-refractivity contribution >= 4 is 34.5 Å². The molecule has 2 aromatic heterocycles. The number of rotatable bonds is 5. The number of benzene rings is 3. The molecule has 0 atom stereocenters. The van der Waals surface area contributed by atoms with Gasteiger partial charge in [-0.15, -0.1) is 11.3 Å². The monoisotopic (exact) mass is 470 g/mol.